The highest BCUT2D eigenvalue weighted by atomic mass is 16.5. The van der Waals surface area contributed by atoms with Gasteiger partial charge in [-0.1, -0.05) is 0 Å². The molecule has 1 N–H and O–H groups in total. The number of rotatable bonds is 4. The summed E-state index contributed by atoms with van der Waals surface area (Å²) >= 11 is 0. The summed E-state index contributed by atoms with van der Waals surface area (Å²) in [6, 6.07) is 0.604. The highest BCUT2D eigenvalue weighted by molar-refractivity contribution is 5.77. The van der Waals surface area contributed by atoms with Gasteiger partial charge >= 0.3 is 0 Å². The number of nitrogens with zero attached hydrogens (tertiary/aromatic N) is 2. The third kappa shape index (κ3) is 3.51. The molecule has 0 aliphatic carbocycles. The molecule has 3 saturated heterocycles. The van der Waals surface area contributed by atoms with Crippen LogP contribution in [0.1, 0.15) is 32.1 Å². The lowest BCUT2D eigenvalue weighted by atomic mass is 10.0. The first-order valence-electron chi connectivity index (χ1n) is 8.17. The van der Waals surface area contributed by atoms with E-state index in [-0.39, 0.29) is 0 Å². The Kier molecular flexibility index (Phi) is 4.91. The molecule has 1 atom stereocenters. The Labute approximate surface area is 121 Å². The molecule has 0 aromatic heterocycles. The number of ether oxygens (including phenoxy) is 1. The van der Waals surface area contributed by atoms with Crippen molar-refractivity contribution >= 4 is 5.91 Å². The van der Waals surface area contributed by atoms with Crippen LogP contribution in [0.3, 0.4) is 0 Å². The quantitative estimate of drug-likeness (QED) is 0.813. The van der Waals surface area contributed by atoms with Gasteiger partial charge in [-0.3, -0.25) is 9.69 Å². The molecule has 5 heteroatoms. The molecule has 5 nitrogen and oxygen atoms in total. The molecule has 1 amide bonds. The van der Waals surface area contributed by atoms with Gasteiger partial charge in [0.25, 0.3) is 0 Å². The van der Waals surface area contributed by atoms with Crippen molar-refractivity contribution in [1.82, 2.24) is 15.1 Å². The molecule has 0 aromatic carbocycles. The maximum absolute atomic E-state index is 12.1. The predicted octanol–water partition coefficient (Wildman–Crippen LogP) is 0.452. The summed E-state index contributed by atoms with van der Waals surface area (Å²) in [5.41, 5.74) is 0. The monoisotopic (exact) mass is 281 g/mol. The summed E-state index contributed by atoms with van der Waals surface area (Å²) in [7, 11) is 0. The zero-order valence-corrected chi connectivity index (χ0v) is 12.4. The van der Waals surface area contributed by atoms with Crippen molar-refractivity contribution in [2.75, 3.05) is 45.9 Å². The Bertz CT molecular complexity index is 319. The van der Waals surface area contributed by atoms with E-state index in [4.69, 9.17) is 4.74 Å². The second kappa shape index (κ2) is 6.87. The molecule has 3 heterocycles. The van der Waals surface area contributed by atoms with E-state index in [0.29, 0.717) is 24.5 Å². The fraction of sp³-hybridized carbons (Fsp3) is 0.933. The average molecular weight is 281 g/mol. The number of hydrogen-bond donors (Lipinski definition) is 1. The molecule has 20 heavy (non-hydrogen) atoms. The molecular weight excluding hydrogens is 254 g/mol. The van der Waals surface area contributed by atoms with E-state index in [1.54, 1.807) is 0 Å². The molecule has 3 aliphatic rings. The topological polar surface area (TPSA) is 44.8 Å². The van der Waals surface area contributed by atoms with Crippen LogP contribution in [0.5, 0.6) is 0 Å². The summed E-state index contributed by atoms with van der Waals surface area (Å²) < 4.78 is 5.69. The molecule has 0 radical (unpaired) electrons. The van der Waals surface area contributed by atoms with Gasteiger partial charge in [0.05, 0.1) is 6.10 Å². The second-order valence-corrected chi connectivity index (χ2v) is 6.27. The summed E-state index contributed by atoms with van der Waals surface area (Å²) in [4.78, 5) is 16.7. The van der Waals surface area contributed by atoms with Gasteiger partial charge in [0.15, 0.2) is 0 Å². The minimum absolute atomic E-state index is 0.325. The van der Waals surface area contributed by atoms with Crippen molar-refractivity contribution in [3.63, 3.8) is 0 Å². The van der Waals surface area contributed by atoms with Gasteiger partial charge in [0.2, 0.25) is 5.91 Å². The molecule has 0 saturated carbocycles. The van der Waals surface area contributed by atoms with Crippen LogP contribution in [-0.4, -0.2) is 73.7 Å². The summed E-state index contributed by atoms with van der Waals surface area (Å²) in [6.45, 7) is 7.18. The number of carbonyl (C=O) groups excluding carboxylic acids is 1. The Morgan fingerprint density at radius 2 is 2.00 bits per heavy atom. The molecular formula is C15H27N3O2. The van der Waals surface area contributed by atoms with Crippen molar-refractivity contribution in [3.05, 3.63) is 0 Å². The van der Waals surface area contributed by atoms with Crippen molar-refractivity contribution in [3.8, 4) is 0 Å². The molecule has 0 aromatic rings. The van der Waals surface area contributed by atoms with Crippen molar-refractivity contribution in [2.24, 2.45) is 0 Å². The zero-order valence-electron chi connectivity index (χ0n) is 12.4. The Balaban J connectivity index is 1.33. The average Bonchev–Trinajstić information content (AvgIpc) is 2.46. The highest BCUT2D eigenvalue weighted by Crippen LogP contribution is 2.20. The van der Waals surface area contributed by atoms with Gasteiger partial charge in [-0.05, 0) is 25.7 Å². The van der Waals surface area contributed by atoms with Crippen LogP contribution in [0.15, 0.2) is 0 Å². The van der Waals surface area contributed by atoms with E-state index in [1.807, 2.05) is 4.90 Å². The first-order chi connectivity index (χ1) is 9.83. The van der Waals surface area contributed by atoms with Crippen molar-refractivity contribution < 1.29 is 9.53 Å². The first-order valence-corrected chi connectivity index (χ1v) is 8.17. The highest BCUT2D eigenvalue weighted by Gasteiger charge is 2.34. The lowest BCUT2D eigenvalue weighted by Gasteiger charge is -2.46. The number of amides is 1. The third-order valence-electron chi connectivity index (χ3n) is 4.84. The van der Waals surface area contributed by atoms with Crippen molar-refractivity contribution in [2.45, 2.75) is 44.2 Å². The normalized spacial score (nSPS) is 29.2. The van der Waals surface area contributed by atoms with Gasteiger partial charge in [-0.2, -0.15) is 0 Å². The summed E-state index contributed by atoms with van der Waals surface area (Å²) in [5.74, 6) is 0.325. The maximum Gasteiger partial charge on any atom is 0.222 e. The summed E-state index contributed by atoms with van der Waals surface area (Å²) in [6.07, 6.45) is 5.48. The van der Waals surface area contributed by atoms with E-state index in [0.717, 1.165) is 58.7 Å². The molecule has 3 fully saturated rings. The van der Waals surface area contributed by atoms with Gasteiger partial charge < -0.3 is 15.0 Å². The SMILES string of the molecule is O=C(CCC1CCCCO1)N1CC(N2CCNCC2)C1. The van der Waals surface area contributed by atoms with Crippen LogP contribution in [0.2, 0.25) is 0 Å². The maximum atomic E-state index is 12.1. The standard InChI is InChI=1S/C15H27N3O2/c19-15(5-4-14-3-1-2-10-20-14)18-11-13(12-18)17-8-6-16-7-9-17/h13-14,16H,1-12H2. The molecule has 3 rings (SSSR count). The van der Waals surface area contributed by atoms with Crippen LogP contribution in [0, 0.1) is 0 Å². The van der Waals surface area contributed by atoms with E-state index < -0.39 is 0 Å². The zero-order chi connectivity index (χ0) is 13.8. The van der Waals surface area contributed by atoms with Gasteiger partial charge in [-0.25, -0.2) is 0 Å². The molecule has 114 valence electrons. The molecule has 1 unspecified atom stereocenters. The molecule has 0 spiro atoms. The number of likely N-dealkylation sites (tertiary alicyclic amines) is 1. The van der Waals surface area contributed by atoms with E-state index in [1.165, 1.54) is 12.8 Å². The van der Waals surface area contributed by atoms with Crippen LogP contribution >= 0.6 is 0 Å². The van der Waals surface area contributed by atoms with Gasteiger partial charge in [-0.15, -0.1) is 0 Å². The first kappa shape index (κ1) is 14.3. The number of hydrogen-bond acceptors (Lipinski definition) is 4. The summed E-state index contributed by atoms with van der Waals surface area (Å²) in [5, 5.41) is 3.37. The minimum Gasteiger partial charge on any atom is -0.378 e. The fourth-order valence-electron chi connectivity index (χ4n) is 3.41. The number of nitrogens with one attached hydrogen (secondary N) is 1. The molecule has 3 aliphatic heterocycles. The Hall–Kier alpha value is -0.650. The van der Waals surface area contributed by atoms with Crippen LogP contribution in [-0.2, 0) is 9.53 Å². The predicted molar refractivity (Wildman–Crippen MR) is 77.6 cm³/mol. The smallest absolute Gasteiger partial charge is 0.222 e. The lowest BCUT2D eigenvalue weighted by molar-refractivity contribution is -0.139. The minimum atomic E-state index is 0.325. The van der Waals surface area contributed by atoms with E-state index in [2.05, 4.69) is 10.2 Å². The van der Waals surface area contributed by atoms with Crippen molar-refractivity contribution in [1.29, 1.82) is 0 Å². The lowest BCUT2D eigenvalue weighted by Crippen LogP contribution is -2.63. The van der Waals surface area contributed by atoms with E-state index in [9.17, 15) is 4.79 Å². The number of carbonyl (C=O) groups is 1. The largest absolute Gasteiger partial charge is 0.378 e. The Morgan fingerprint density at radius 3 is 2.70 bits per heavy atom. The van der Waals surface area contributed by atoms with Gasteiger partial charge in [0, 0.05) is 58.3 Å². The third-order valence-corrected chi connectivity index (χ3v) is 4.84. The van der Waals surface area contributed by atoms with Gasteiger partial charge in [0.1, 0.15) is 0 Å². The number of piperazine rings is 1. The Morgan fingerprint density at radius 1 is 1.20 bits per heavy atom. The van der Waals surface area contributed by atoms with Crippen LogP contribution < -0.4 is 5.32 Å². The van der Waals surface area contributed by atoms with E-state index >= 15 is 0 Å². The van der Waals surface area contributed by atoms with Crippen LogP contribution in [0.4, 0.5) is 0 Å². The fourth-order valence-corrected chi connectivity index (χ4v) is 3.41. The second-order valence-electron chi connectivity index (χ2n) is 6.27. The van der Waals surface area contributed by atoms with Crippen LogP contribution in [0.25, 0.3) is 0 Å². The molecule has 0 bridgehead atoms.